The number of rotatable bonds is 6. The van der Waals surface area contributed by atoms with Crippen LogP contribution in [0.1, 0.15) is 27.2 Å². The van der Waals surface area contributed by atoms with Crippen LogP contribution in [0.15, 0.2) is 54.7 Å². The van der Waals surface area contributed by atoms with E-state index in [0.29, 0.717) is 16.0 Å². The second-order valence-electron chi connectivity index (χ2n) is 7.12. The molecule has 0 radical (unpaired) electrons. The minimum absolute atomic E-state index is 0.0679. The van der Waals surface area contributed by atoms with Gasteiger partial charge in [-0.3, -0.25) is 4.79 Å². The van der Waals surface area contributed by atoms with Crippen molar-refractivity contribution in [3.63, 3.8) is 0 Å². The maximum absolute atomic E-state index is 13.2. The lowest BCUT2D eigenvalue weighted by Gasteiger charge is -2.23. The first-order chi connectivity index (χ1) is 15.9. The number of hydrogen-bond acceptors (Lipinski definition) is 4. The quantitative estimate of drug-likeness (QED) is 0.465. The summed E-state index contributed by atoms with van der Waals surface area (Å²) in [4.78, 5) is 13.5. The summed E-state index contributed by atoms with van der Waals surface area (Å²) in [5, 5.41) is 12.8. The molecule has 0 aliphatic rings. The third kappa shape index (κ3) is 5.86. The van der Waals surface area contributed by atoms with Gasteiger partial charge in [0.15, 0.2) is 11.4 Å². The fourth-order valence-corrected chi connectivity index (χ4v) is 3.08. The summed E-state index contributed by atoms with van der Waals surface area (Å²) < 4.78 is 84.7. The highest BCUT2D eigenvalue weighted by Gasteiger charge is 2.35. The summed E-state index contributed by atoms with van der Waals surface area (Å²) in [5.41, 5.74) is -0.918. The molecule has 0 unspecified atom stereocenters. The van der Waals surface area contributed by atoms with Crippen LogP contribution in [0, 0.1) is 11.3 Å². The molecule has 6 nitrogen and oxygen atoms in total. The number of amides is 1. The van der Waals surface area contributed by atoms with Crippen LogP contribution >= 0.6 is 0 Å². The molecule has 0 fully saturated rings. The summed E-state index contributed by atoms with van der Waals surface area (Å²) in [6, 6.07) is 11.6. The third-order valence-corrected chi connectivity index (χ3v) is 4.66. The van der Waals surface area contributed by atoms with Gasteiger partial charge in [0.1, 0.15) is 6.54 Å². The summed E-state index contributed by atoms with van der Waals surface area (Å²) >= 11 is 0. The molecule has 0 atom stereocenters. The van der Waals surface area contributed by atoms with Crippen molar-refractivity contribution in [1.29, 1.82) is 5.26 Å². The fourth-order valence-electron chi connectivity index (χ4n) is 3.08. The number of ether oxygens (including phenoxy) is 1. The van der Waals surface area contributed by atoms with E-state index in [1.165, 1.54) is 30.3 Å². The predicted molar refractivity (Wildman–Crippen MR) is 107 cm³/mol. The van der Waals surface area contributed by atoms with E-state index >= 15 is 0 Å². The van der Waals surface area contributed by atoms with E-state index in [4.69, 9.17) is 10.00 Å². The van der Waals surface area contributed by atoms with Crippen molar-refractivity contribution in [2.24, 2.45) is 0 Å². The zero-order valence-electron chi connectivity index (χ0n) is 17.5. The second-order valence-corrected chi connectivity index (χ2v) is 7.12. The fraction of sp³-hybridized carbons (Fsp3) is 0.227. The van der Waals surface area contributed by atoms with Crippen molar-refractivity contribution in [3.8, 4) is 17.5 Å². The molecule has 0 N–H and O–H groups in total. The lowest BCUT2D eigenvalue weighted by atomic mass is 10.1. The minimum Gasteiger partial charge on any atom is -0.493 e. The maximum Gasteiger partial charge on any atom is 0.416 e. The predicted octanol–water partition coefficient (Wildman–Crippen LogP) is 4.98. The van der Waals surface area contributed by atoms with Crippen LogP contribution in [0.3, 0.4) is 0 Å². The molecule has 0 aliphatic heterocycles. The molecule has 1 aromatic heterocycles. The molecule has 34 heavy (non-hydrogen) atoms. The number of benzene rings is 2. The Balaban J connectivity index is 1.97. The monoisotopic (exact) mass is 482 g/mol. The Morgan fingerprint density at radius 2 is 1.79 bits per heavy atom. The smallest absolute Gasteiger partial charge is 0.416 e. The van der Waals surface area contributed by atoms with Crippen LogP contribution in [0.5, 0.6) is 5.75 Å². The Morgan fingerprint density at radius 3 is 2.35 bits per heavy atom. The average molecular weight is 482 g/mol. The van der Waals surface area contributed by atoms with Crippen LogP contribution in [0.4, 0.5) is 26.3 Å². The van der Waals surface area contributed by atoms with Gasteiger partial charge >= 0.3 is 12.4 Å². The number of carbonyl (C=O) groups excluding carboxylic acids is 1. The number of alkyl halides is 6. The van der Waals surface area contributed by atoms with Gasteiger partial charge < -0.3 is 9.64 Å². The highest BCUT2D eigenvalue weighted by atomic mass is 19.4. The van der Waals surface area contributed by atoms with Crippen molar-refractivity contribution >= 4 is 5.91 Å². The molecule has 0 bridgehead atoms. The molecule has 1 amide bonds. The van der Waals surface area contributed by atoms with E-state index < -0.39 is 42.6 Å². The van der Waals surface area contributed by atoms with Crippen LogP contribution in [0.25, 0.3) is 5.69 Å². The average Bonchev–Trinajstić information content (AvgIpc) is 3.22. The number of nitriles is 1. The Hall–Kier alpha value is -4.01. The van der Waals surface area contributed by atoms with Crippen LogP contribution < -0.4 is 4.74 Å². The lowest BCUT2D eigenvalue weighted by molar-refractivity contribution is -0.141. The van der Waals surface area contributed by atoms with Crippen molar-refractivity contribution in [1.82, 2.24) is 14.7 Å². The Labute approximate surface area is 189 Å². The summed E-state index contributed by atoms with van der Waals surface area (Å²) in [6.07, 6.45) is -8.26. The third-order valence-electron chi connectivity index (χ3n) is 4.66. The molecule has 2 aromatic carbocycles. The van der Waals surface area contributed by atoms with E-state index in [9.17, 15) is 31.1 Å². The van der Waals surface area contributed by atoms with Gasteiger partial charge in [-0.25, -0.2) is 4.68 Å². The van der Waals surface area contributed by atoms with Crippen molar-refractivity contribution in [2.45, 2.75) is 18.9 Å². The molecule has 3 rings (SSSR count). The van der Waals surface area contributed by atoms with E-state index in [2.05, 4.69) is 5.10 Å². The van der Waals surface area contributed by atoms with Crippen LogP contribution in [0.2, 0.25) is 0 Å². The van der Waals surface area contributed by atoms with E-state index in [0.717, 1.165) is 36.2 Å². The number of hydrogen-bond donors (Lipinski definition) is 0. The molecule has 0 saturated heterocycles. The number of halogens is 6. The first kappa shape index (κ1) is 24.6. The van der Waals surface area contributed by atoms with E-state index in [-0.39, 0.29) is 11.4 Å². The van der Waals surface area contributed by atoms with Gasteiger partial charge in [-0.2, -0.15) is 36.7 Å². The largest absolute Gasteiger partial charge is 0.493 e. The van der Waals surface area contributed by atoms with Gasteiger partial charge in [-0.05, 0) is 35.9 Å². The van der Waals surface area contributed by atoms with Gasteiger partial charge in [0.25, 0.3) is 5.91 Å². The number of aromatic nitrogens is 2. The Morgan fingerprint density at radius 1 is 1.12 bits per heavy atom. The van der Waals surface area contributed by atoms with Gasteiger partial charge in [0.2, 0.25) is 0 Å². The first-order valence-electron chi connectivity index (χ1n) is 9.57. The molecule has 12 heteroatoms. The highest BCUT2D eigenvalue weighted by molar-refractivity contribution is 5.95. The topological polar surface area (TPSA) is 71.2 Å². The van der Waals surface area contributed by atoms with Crippen molar-refractivity contribution in [2.75, 3.05) is 13.7 Å². The molecule has 3 aromatic rings. The van der Waals surface area contributed by atoms with Gasteiger partial charge in [-0.15, -0.1) is 0 Å². The lowest BCUT2D eigenvalue weighted by Crippen LogP contribution is -2.38. The molecule has 0 saturated carbocycles. The Kier molecular flexibility index (Phi) is 6.85. The molecule has 0 aliphatic carbocycles. The minimum atomic E-state index is -4.74. The van der Waals surface area contributed by atoms with Crippen LogP contribution in [-0.2, 0) is 12.7 Å². The SMILES string of the molecule is COc1cn(-c2cccc(C(F)(F)F)c2)nc1C(=O)N(Cc1ccc(C#N)cc1)CC(F)(F)F. The van der Waals surface area contributed by atoms with Crippen LogP contribution in [-0.4, -0.2) is 40.4 Å². The standard InChI is InChI=1S/C22H16F6N4O2/c1-34-18-12-32(17-4-2-3-16(9-17)22(26,27)28)30-19(18)20(33)31(13-21(23,24)25)11-15-7-5-14(10-29)6-8-15/h2-9,12H,11,13H2,1H3. The molecular weight excluding hydrogens is 466 g/mol. The van der Waals surface area contributed by atoms with Gasteiger partial charge in [0, 0.05) is 6.54 Å². The zero-order valence-corrected chi connectivity index (χ0v) is 17.5. The summed E-state index contributed by atoms with van der Waals surface area (Å²) in [5.74, 6) is -1.35. The normalized spacial score (nSPS) is 11.7. The van der Waals surface area contributed by atoms with Crippen molar-refractivity contribution in [3.05, 3.63) is 77.1 Å². The van der Waals surface area contributed by atoms with Crippen molar-refractivity contribution < 1.29 is 35.9 Å². The second kappa shape index (κ2) is 9.46. The summed E-state index contributed by atoms with van der Waals surface area (Å²) in [6.45, 7) is -2.06. The van der Waals surface area contributed by atoms with E-state index in [1.807, 2.05) is 6.07 Å². The summed E-state index contributed by atoms with van der Waals surface area (Å²) in [7, 11) is 1.15. The van der Waals surface area contributed by atoms with Gasteiger partial charge in [0.05, 0.1) is 36.2 Å². The molecular formula is C22H16F6N4O2. The number of nitrogens with zero attached hydrogens (tertiary/aromatic N) is 4. The molecule has 1 heterocycles. The van der Waals surface area contributed by atoms with Gasteiger partial charge in [-0.1, -0.05) is 18.2 Å². The first-order valence-corrected chi connectivity index (χ1v) is 9.57. The zero-order chi connectivity index (χ0) is 25.1. The number of carbonyl (C=O) groups is 1. The molecule has 0 spiro atoms. The number of methoxy groups -OCH3 is 1. The highest BCUT2D eigenvalue weighted by Crippen LogP contribution is 2.31. The maximum atomic E-state index is 13.2. The molecule has 178 valence electrons. The van der Waals surface area contributed by atoms with E-state index in [1.54, 1.807) is 0 Å². The Bertz CT molecular complexity index is 1210.